The van der Waals surface area contributed by atoms with E-state index in [2.05, 4.69) is 32.9 Å². The van der Waals surface area contributed by atoms with Crippen LogP contribution in [-0.4, -0.2) is 71.6 Å². The summed E-state index contributed by atoms with van der Waals surface area (Å²) in [5.41, 5.74) is 3.77. The van der Waals surface area contributed by atoms with Crippen LogP contribution in [0.15, 0.2) is 30.6 Å². The van der Waals surface area contributed by atoms with E-state index in [0.717, 1.165) is 61.6 Å². The predicted molar refractivity (Wildman–Crippen MR) is 146 cm³/mol. The monoisotopic (exact) mass is 540 g/mol. The first-order chi connectivity index (χ1) is 16.3. The lowest BCUT2D eigenvalue weighted by Gasteiger charge is -2.39. The molecule has 0 bridgehead atoms. The number of nitrogens with one attached hydrogen (secondary N) is 2. The maximum atomic E-state index is 12.4. The highest BCUT2D eigenvalue weighted by molar-refractivity contribution is 5.94. The van der Waals surface area contributed by atoms with Crippen LogP contribution in [0.25, 0.3) is 11.1 Å². The lowest BCUT2D eigenvalue weighted by Crippen LogP contribution is -2.45. The predicted octanol–water partition coefficient (Wildman–Crippen LogP) is 3.62. The summed E-state index contributed by atoms with van der Waals surface area (Å²) in [6, 6.07) is 5.79. The molecule has 1 saturated heterocycles. The van der Waals surface area contributed by atoms with Gasteiger partial charge in [0, 0.05) is 63.1 Å². The Morgan fingerprint density at radius 2 is 1.89 bits per heavy atom. The molecule has 1 aromatic carbocycles. The Bertz CT molecular complexity index is 1020. The van der Waals surface area contributed by atoms with Gasteiger partial charge in [-0.25, -0.2) is 4.79 Å². The number of benzene rings is 1. The van der Waals surface area contributed by atoms with Crippen molar-refractivity contribution in [2.45, 2.75) is 58.8 Å². The number of aromatic nitrogens is 2. The molecule has 2 atom stereocenters. The van der Waals surface area contributed by atoms with Crippen molar-refractivity contribution in [3.8, 4) is 11.1 Å². The number of halogens is 2. The molecule has 2 aliphatic heterocycles. The van der Waals surface area contributed by atoms with Gasteiger partial charge >= 0.3 is 6.09 Å². The lowest BCUT2D eigenvalue weighted by molar-refractivity contribution is -0.117. The molecule has 3 heterocycles. The minimum absolute atomic E-state index is 0. The van der Waals surface area contributed by atoms with E-state index in [0.29, 0.717) is 6.42 Å². The van der Waals surface area contributed by atoms with Crippen molar-refractivity contribution >= 4 is 42.5 Å². The van der Waals surface area contributed by atoms with Crippen LogP contribution in [0.1, 0.15) is 45.7 Å². The summed E-state index contributed by atoms with van der Waals surface area (Å²) in [4.78, 5) is 29.0. The number of hydrogen-bond acceptors (Lipinski definition) is 6. The third-order valence-corrected chi connectivity index (χ3v) is 6.48. The molecule has 1 aromatic heterocycles. The Hall–Kier alpha value is -2.33. The molecule has 0 unspecified atom stereocenters. The van der Waals surface area contributed by atoms with Crippen LogP contribution in [0.5, 0.6) is 0 Å². The van der Waals surface area contributed by atoms with Crippen LogP contribution in [0.3, 0.4) is 0 Å². The van der Waals surface area contributed by atoms with E-state index in [9.17, 15) is 9.59 Å². The van der Waals surface area contributed by atoms with Crippen LogP contribution >= 0.6 is 24.8 Å². The second kappa shape index (κ2) is 13.3. The normalized spacial score (nSPS) is 19.6. The molecule has 2 aromatic rings. The van der Waals surface area contributed by atoms with Crippen molar-refractivity contribution in [1.29, 1.82) is 0 Å². The number of piperazine rings is 1. The molecule has 0 saturated carbocycles. The third kappa shape index (κ3) is 7.12. The lowest BCUT2D eigenvalue weighted by atomic mass is 9.89. The number of hydrogen-bond donors (Lipinski definition) is 2. The van der Waals surface area contributed by atoms with Gasteiger partial charge in [0.05, 0.1) is 24.9 Å². The summed E-state index contributed by atoms with van der Waals surface area (Å²) in [5.74, 6) is -0.00885. The molecular formula is C25H38Cl2N6O3. The molecule has 0 spiro atoms. The third-order valence-electron chi connectivity index (χ3n) is 6.48. The van der Waals surface area contributed by atoms with Crippen molar-refractivity contribution in [1.82, 2.24) is 25.3 Å². The average molecular weight is 542 g/mol. The topological polar surface area (TPSA) is 91.7 Å². The zero-order valence-corrected chi connectivity index (χ0v) is 23.0. The second-order valence-electron chi connectivity index (χ2n) is 9.48. The number of amides is 2. The van der Waals surface area contributed by atoms with E-state index < -0.39 is 6.09 Å². The first-order valence-electron chi connectivity index (χ1n) is 12.2. The maximum absolute atomic E-state index is 12.4. The van der Waals surface area contributed by atoms with Gasteiger partial charge < -0.3 is 20.3 Å². The SMILES string of the molecule is CC(=O)N1c2ccc(-c3cnn(CCN4CCNCC4)c3)cc2[C@@H](NC(=O)OC(C)C)C[C@H]1C.Cl.Cl. The van der Waals surface area contributed by atoms with E-state index in [1.54, 1.807) is 6.92 Å². The number of rotatable bonds is 6. The Kier molecular flexibility index (Phi) is 11.0. The average Bonchev–Trinajstić information content (AvgIpc) is 3.26. The summed E-state index contributed by atoms with van der Waals surface area (Å²) in [7, 11) is 0. The summed E-state index contributed by atoms with van der Waals surface area (Å²) >= 11 is 0. The summed E-state index contributed by atoms with van der Waals surface area (Å²) in [5, 5.41) is 10.9. The van der Waals surface area contributed by atoms with Gasteiger partial charge in [-0.05, 0) is 50.5 Å². The van der Waals surface area contributed by atoms with E-state index in [1.165, 1.54) is 0 Å². The van der Waals surface area contributed by atoms with Gasteiger partial charge in [0.15, 0.2) is 0 Å². The Balaban J connectivity index is 0.00000228. The highest BCUT2D eigenvalue weighted by Crippen LogP contribution is 2.39. The molecular weight excluding hydrogens is 503 g/mol. The Morgan fingerprint density at radius 1 is 1.17 bits per heavy atom. The van der Waals surface area contributed by atoms with E-state index in [4.69, 9.17) is 4.74 Å². The summed E-state index contributed by atoms with van der Waals surface area (Å²) in [6.45, 7) is 13.3. The summed E-state index contributed by atoms with van der Waals surface area (Å²) in [6.07, 6.45) is 3.91. The fourth-order valence-corrected chi connectivity index (χ4v) is 4.86. The molecule has 2 N–H and O–H groups in total. The van der Waals surface area contributed by atoms with Crippen molar-refractivity contribution < 1.29 is 14.3 Å². The number of fused-ring (bicyclic) bond motifs is 1. The number of carbonyl (C=O) groups excluding carboxylic acids is 2. The summed E-state index contributed by atoms with van der Waals surface area (Å²) < 4.78 is 7.30. The molecule has 36 heavy (non-hydrogen) atoms. The van der Waals surface area contributed by atoms with E-state index in [1.807, 2.05) is 48.7 Å². The first-order valence-corrected chi connectivity index (χ1v) is 12.2. The van der Waals surface area contributed by atoms with Gasteiger partial charge in [0.1, 0.15) is 0 Å². The molecule has 0 radical (unpaired) electrons. The fourth-order valence-electron chi connectivity index (χ4n) is 4.86. The van der Waals surface area contributed by atoms with Crippen molar-refractivity contribution in [3.63, 3.8) is 0 Å². The smallest absolute Gasteiger partial charge is 0.407 e. The van der Waals surface area contributed by atoms with Gasteiger partial charge in [-0.15, -0.1) is 24.8 Å². The Morgan fingerprint density at radius 3 is 2.56 bits per heavy atom. The van der Waals surface area contributed by atoms with Gasteiger partial charge in [0.25, 0.3) is 0 Å². The maximum Gasteiger partial charge on any atom is 0.407 e. The van der Waals surface area contributed by atoms with Crippen molar-refractivity contribution in [3.05, 3.63) is 36.2 Å². The van der Waals surface area contributed by atoms with Crippen LogP contribution < -0.4 is 15.5 Å². The fraction of sp³-hybridized carbons (Fsp3) is 0.560. The van der Waals surface area contributed by atoms with E-state index in [-0.39, 0.29) is 48.9 Å². The minimum atomic E-state index is -0.444. The molecule has 4 rings (SSSR count). The largest absolute Gasteiger partial charge is 0.447 e. The Labute approximate surface area is 225 Å². The molecule has 2 amide bonds. The highest BCUT2D eigenvalue weighted by Gasteiger charge is 2.34. The van der Waals surface area contributed by atoms with Gasteiger partial charge in [-0.2, -0.15) is 5.10 Å². The number of nitrogens with zero attached hydrogens (tertiary/aromatic N) is 4. The molecule has 200 valence electrons. The van der Waals surface area contributed by atoms with Crippen molar-refractivity contribution in [2.24, 2.45) is 0 Å². The van der Waals surface area contributed by atoms with Crippen LogP contribution in [-0.2, 0) is 16.1 Å². The molecule has 9 nitrogen and oxygen atoms in total. The van der Waals surface area contributed by atoms with Gasteiger partial charge in [0.2, 0.25) is 5.91 Å². The van der Waals surface area contributed by atoms with Crippen LogP contribution in [0.4, 0.5) is 10.5 Å². The molecule has 2 aliphatic rings. The van der Waals surface area contributed by atoms with Gasteiger partial charge in [-0.1, -0.05) is 6.07 Å². The minimum Gasteiger partial charge on any atom is -0.447 e. The zero-order valence-electron chi connectivity index (χ0n) is 21.4. The number of alkyl carbamates (subject to hydrolysis) is 1. The number of ether oxygens (including phenoxy) is 1. The molecule has 1 fully saturated rings. The highest BCUT2D eigenvalue weighted by atomic mass is 35.5. The molecule has 0 aliphatic carbocycles. The number of anilines is 1. The van der Waals surface area contributed by atoms with Crippen molar-refractivity contribution in [2.75, 3.05) is 37.6 Å². The second-order valence-corrected chi connectivity index (χ2v) is 9.48. The van der Waals surface area contributed by atoms with Gasteiger partial charge in [-0.3, -0.25) is 14.4 Å². The standard InChI is InChI=1S/C25H36N6O3.2ClH/c1-17(2)34-25(33)28-23-13-18(3)31(19(4)32)24-6-5-20(14-22(23)24)21-15-27-30(16-21)12-11-29-9-7-26-8-10-29;;/h5-6,14-18,23,26H,7-13H2,1-4H3,(H,28,33);2*1H/t18-,23+;;/m1../s1. The zero-order chi connectivity index (χ0) is 24.2. The first kappa shape index (κ1) is 29.9. The quantitative estimate of drug-likeness (QED) is 0.581. The molecule has 11 heteroatoms. The van der Waals surface area contributed by atoms with Crippen LogP contribution in [0.2, 0.25) is 0 Å². The van der Waals surface area contributed by atoms with E-state index >= 15 is 0 Å². The number of carbonyl (C=O) groups is 2. The van der Waals surface area contributed by atoms with Crippen LogP contribution in [0, 0.1) is 0 Å².